The van der Waals surface area contributed by atoms with Gasteiger partial charge in [-0.1, -0.05) is 29.8 Å². The Kier molecular flexibility index (Phi) is 4.16. The molecular formula is C15H17ClN2O2S. The lowest BCUT2D eigenvalue weighted by molar-refractivity contribution is 0.601. The number of hydrogen-bond acceptors (Lipinski definition) is 3. The van der Waals surface area contributed by atoms with Gasteiger partial charge in [0.25, 0.3) is 10.0 Å². The molecule has 6 heteroatoms. The van der Waals surface area contributed by atoms with Crippen molar-refractivity contribution in [3.8, 4) is 0 Å². The smallest absolute Gasteiger partial charge is 0.264 e. The Morgan fingerprint density at radius 3 is 2.33 bits per heavy atom. The van der Waals surface area contributed by atoms with Crippen molar-refractivity contribution in [3.63, 3.8) is 0 Å². The number of sulfonamides is 1. The Bertz CT molecular complexity index is 781. The minimum atomic E-state index is -3.80. The number of rotatable bonds is 3. The summed E-state index contributed by atoms with van der Waals surface area (Å²) in [7, 11) is -3.80. The summed E-state index contributed by atoms with van der Waals surface area (Å²) in [5.41, 5.74) is 8.68. The SMILES string of the molecule is Cc1ccc(N)c(S(=O)(=O)Nc2c(C)cccc2Cl)c1C. The van der Waals surface area contributed by atoms with Crippen LogP contribution in [-0.2, 0) is 10.0 Å². The van der Waals surface area contributed by atoms with Crippen molar-refractivity contribution in [1.29, 1.82) is 0 Å². The molecule has 0 fully saturated rings. The molecule has 2 aromatic rings. The van der Waals surface area contributed by atoms with E-state index in [0.717, 1.165) is 11.1 Å². The van der Waals surface area contributed by atoms with Gasteiger partial charge in [-0.25, -0.2) is 8.42 Å². The zero-order valence-corrected chi connectivity index (χ0v) is 13.6. The summed E-state index contributed by atoms with van der Waals surface area (Å²) in [5.74, 6) is 0. The molecule has 0 aliphatic heterocycles. The normalized spacial score (nSPS) is 11.4. The summed E-state index contributed by atoms with van der Waals surface area (Å²) in [6, 6.07) is 8.58. The van der Waals surface area contributed by atoms with Crippen LogP contribution in [0.25, 0.3) is 0 Å². The van der Waals surface area contributed by atoms with Crippen LogP contribution < -0.4 is 10.5 Å². The first-order valence-corrected chi connectivity index (χ1v) is 8.24. The highest BCUT2D eigenvalue weighted by atomic mass is 35.5. The van der Waals surface area contributed by atoms with E-state index in [-0.39, 0.29) is 10.6 Å². The van der Waals surface area contributed by atoms with E-state index >= 15 is 0 Å². The van der Waals surface area contributed by atoms with Crippen LogP contribution in [0, 0.1) is 20.8 Å². The standard InChI is InChI=1S/C15H17ClN2O2S/c1-9-7-8-13(17)15(11(9)3)21(19,20)18-14-10(2)5-4-6-12(14)16/h4-8,18H,17H2,1-3H3. The van der Waals surface area contributed by atoms with Gasteiger partial charge in [0.2, 0.25) is 0 Å². The molecule has 2 aromatic carbocycles. The summed E-state index contributed by atoms with van der Waals surface area (Å²) < 4.78 is 27.8. The van der Waals surface area contributed by atoms with Crippen LogP contribution in [0.1, 0.15) is 16.7 Å². The van der Waals surface area contributed by atoms with Gasteiger partial charge < -0.3 is 5.73 Å². The third-order valence-corrected chi connectivity index (χ3v) is 5.30. The molecule has 0 heterocycles. The molecule has 0 unspecified atom stereocenters. The van der Waals surface area contributed by atoms with Gasteiger partial charge in [-0.05, 0) is 49.6 Å². The van der Waals surface area contributed by atoms with Gasteiger partial charge in [0.05, 0.1) is 16.4 Å². The van der Waals surface area contributed by atoms with Crippen molar-refractivity contribution >= 4 is 33.0 Å². The average Bonchev–Trinajstić information content (AvgIpc) is 2.39. The molecule has 0 saturated carbocycles. The number of nitrogens with two attached hydrogens (primary N) is 1. The molecule has 112 valence electrons. The van der Waals surface area contributed by atoms with E-state index in [9.17, 15) is 8.42 Å². The number of hydrogen-bond donors (Lipinski definition) is 2. The van der Waals surface area contributed by atoms with E-state index < -0.39 is 10.0 Å². The number of benzene rings is 2. The molecule has 0 aliphatic rings. The van der Waals surface area contributed by atoms with E-state index in [4.69, 9.17) is 17.3 Å². The molecule has 0 aliphatic carbocycles. The Labute approximate surface area is 130 Å². The van der Waals surface area contributed by atoms with Crippen LogP contribution >= 0.6 is 11.6 Å². The minimum absolute atomic E-state index is 0.0989. The van der Waals surface area contributed by atoms with Gasteiger partial charge in [0.1, 0.15) is 4.90 Å². The highest BCUT2D eigenvalue weighted by Gasteiger charge is 2.22. The average molecular weight is 325 g/mol. The number of anilines is 2. The molecule has 0 amide bonds. The third kappa shape index (κ3) is 2.99. The lowest BCUT2D eigenvalue weighted by atomic mass is 10.1. The fourth-order valence-corrected chi connectivity index (χ4v) is 4.02. The van der Waals surface area contributed by atoms with Crippen LogP contribution in [0.2, 0.25) is 5.02 Å². The Morgan fingerprint density at radius 1 is 1.05 bits per heavy atom. The van der Waals surface area contributed by atoms with Crippen molar-refractivity contribution in [3.05, 3.63) is 52.0 Å². The first-order chi connectivity index (χ1) is 9.74. The molecule has 0 spiro atoms. The molecular weight excluding hydrogens is 308 g/mol. The van der Waals surface area contributed by atoms with Crippen LogP contribution in [0.4, 0.5) is 11.4 Å². The molecule has 3 N–H and O–H groups in total. The molecule has 0 radical (unpaired) electrons. The monoisotopic (exact) mass is 324 g/mol. The maximum Gasteiger partial charge on any atom is 0.264 e. The second-order valence-electron chi connectivity index (χ2n) is 4.96. The van der Waals surface area contributed by atoms with Crippen LogP contribution in [0.5, 0.6) is 0 Å². The maximum absolute atomic E-state index is 12.7. The molecule has 2 rings (SSSR count). The maximum atomic E-state index is 12.7. The predicted octanol–water partition coefficient (Wildman–Crippen LogP) is 3.65. The van der Waals surface area contributed by atoms with E-state index in [1.165, 1.54) is 0 Å². The lowest BCUT2D eigenvalue weighted by Crippen LogP contribution is -2.17. The zero-order valence-electron chi connectivity index (χ0n) is 12.1. The van der Waals surface area contributed by atoms with Crippen molar-refractivity contribution in [2.45, 2.75) is 25.7 Å². The predicted molar refractivity (Wildman–Crippen MR) is 87.3 cm³/mol. The highest BCUT2D eigenvalue weighted by Crippen LogP contribution is 2.31. The molecule has 0 saturated heterocycles. The summed E-state index contributed by atoms with van der Waals surface area (Å²) in [6.45, 7) is 5.37. The fourth-order valence-electron chi connectivity index (χ4n) is 2.11. The quantitative estimate of drug-likeness (QED) is 0.846. The molecule has 21 heavy (non-hydrogen) atoms. The summed E-state index contributed by atoms with van der Waals surface area (Å²) in [6.07, 6.45) is 0. The van der Waals surface area contributed by atoms with Crippen molar-refractivity contribution in [2.75, 3.05) is 10.5 Å². The van der Waals surface area contributed by atoms with Crippen molar-refractivity contribution in [1.82, 2.24) is 0 Å². The third-order valence-electron chi connectivity index (χ3n) is 3.43. The highest BCUT2D eigenvalue weighted by molar-refractivity contribution is 7.93. The van der Waals surface area contributed by atoms with Crippen LogP contribution in [0.3, 0.4) is 0 Å². The van der Waals surface area contributed by atoms with Crippen LogP contribution in [0.15, 0.2) is 35.2 Å². The van der Waals surface area contributed by atoms with Gasteiger partial charge in [0, 0.05) is 0 Å². The molecule has 0 atom stereocenters. The first-order valence-electron chi connectivity index (χ1n) is 6.37. The zero-order chi connectivity index (χ0) is 15.8. The Hall–Kier alpha value is -1.72. The van der Waals surface area contributed by atoms with Gasteiger partial charge >= 0.3 is 0 Å². The fraction of sp³-hybridized carbons (Fsp3) is 0.200. The number of halogens is 1. The second kappa shape index (κ2) is 5.58. The lowest BCUT2D eigenvalue weighted by Gasteiger charge is -2.16. The van der Waals surface area contributed by atoms with Gasteiger partial charge in [-0.2, -0.15) is 0 Å². The van der Waals surface area contributed by atoms with Gasteiger partial charge in [0.15, 0.2) is 0 Å². The number of para-hydroxylation sites is 1. The van der Waals surface area contributed by atoms with E-state index in [1.807, 2.05) is 6.92 Å². The minimum Gasteiger partial charge on any atom is -0.398 e. The number of nitrogen functional groups attached to an aromatic ring is 1. The van der Waals surface area contributed by atoms with E-state index in [0.29, 0.717) is 16.3 Å². The second-order valence-corrected chi connectivity index (χ2v) is 6.99. The Balaban J connectivity index is 2.57. The topological polar surface area (TPSA) is 72.2 Å². The molecule has 0 aromatic heterocycles. The largest absolute Gasteiger partial charge is 0.398 e. The van der Waals surface area contributed by atoms with Crippen molar-refractivity contribution < 1.29 is 8.42 Å². The summed E-state index contributed by atoms with van der Waals surface area (Å²) in [5, 5.41) is 0.349. The number of nitrogens with one attached hydrogen (secondary N) is 1. The van der Waals surface area contributed by atoms with Gasteiger partial charge in [-0.3, -0.25) is 4.72 Å². The Morgan fingerprint density at radius 2 is 1.71 bits per heavy atom. The first kappa shape index (κ1) is 15.7. The molecule has 0 bridgehead atoms. The van der Waals surface area contributed by atoms with E-state index in [2.05, 4.69) is 4.72 Å². The summed E-state index contributed by atoms with van der Waals surface area (Å²) in [4.78, 5) is 0.0989. The van der Waals surface area contributed by atoms with Crippen LogP contribution in [-0.4, -0.2) is 8.42 Å². The molecule has 4 nitrogen and oxygen atoms in total. The van der Waals surface area contributed by atoms with Crippen molar-refractivity contribution in [2.24, 2.45) is 0 Å². The van der Waals surface area contributed by atoms with E-state index in [1.54, 1.807) is 44.2 Å². The number of aryl methyl sites for hydroxylation is 2. The summed E-state index contributed by atoms with van der Waals surface area (Å²) >= 11 is 6.08. The van der Waals surface area contributed by atoms with Gasteiger partial charge in [-0.15, -0.1) is 0 Å².